The van der Waals surface area contributed by atoms with Gasteiger partial charge in [0, 0.05) is 12.5 Å². The normalized spacial score (nSPS) is 13.9. The Balaban J connectivity index is 2.35. The summed E-state index contributed by atoms with van der Waals surface area (Å²) in [7, 11) is 0. The molecule has 37 heavy (non-hydrogen) atoms. The molecular weight excluding hydrogens is 464 g/mol. The highest BCUT2D eigenvalue weighted by Gasteiger charge is 2.25. The van der Waals surface area contributed by atoms with Crippen LogP contribution < -0.4 is 10.6 Å². The van der Waals surface area contributed by atoms with Gasteiger partial charge in [-0.05, 0) is 37.3 Å². The van der Waals surface area contributed by atoms with Crippen LogP contribution in [0.25, 0.3) is 0 Å². The number of carbonyl (C=O) groups excluding carboxylic acids is 1. The molecule has 0 fully saturated rings. The lowest BCUT2D eigenvalue weighted by Crippen LogP contribution is -2.45. The predicted octanol–water partition coefficient (Wildman–Crippen LogP) is 6.25. The molecule has 1 amide bonds. The first-order valence-electron chi connectivity index (χ1n) is 14.8. The van der Waals surface area contributed by atoms with E-state index >= 15 is 0 Å². The van der Waals surface area contributed by atoms with Crippen molar-refractivity contribution in [3.8, 4) is 0 Å². The van der Waals surface area contributed by atoms with E-state index in [0.717, 1.165) is 18.5 Å². The Kier molecular flexibility index (Phi) is 18.8. The van der Waals surface area contributed by atoms with E-state index in [2.05, 4.69) is 29.7 Å². The first-order valence-corrected chi connectivity index (χ1v) is 14.8. The molecule has 4 N–H and O–H groups in total. The number of hydrogen-bond donors (Lipinski definition) is 4. The van der Waals surface area contributed by atoms with Crippen LogP contribution in [0.2, 0.25) is 0 Å². The summed E-state index contributed by atoms with van der Waals surface area (Å²) in [6, 6.07) is 9.02. The minimum Gasteiger partial charge on any atom is -0.480 e. The van der Waals surface area contributed by atoms with Gasteiger partial charge in [-0.25, -0.2) is 4.79 Å². The molecule has 0 saturated carbocycles. The van der Waals surface area contributed by atoms with Crippen molar-refractivity contribution in [2.45, 2.75) is 135 Å². The Morgan fingerprint density at radius 2 is 1.38 bits per heavy atom. The van der Waals surface area contributed by atoms with Crippen molar-refractivity contribution >= 4 is 11.9 Å². The molecule has 0 bridgehead atoms. The number of carboxylic acids is 1. The number of hydrogen-bond acceptors (Lipinski definition) is 4. The molecule has 0 aliphatic rings. The topological polar surface area (TPSA) is 98.7 Å². The van der Waals surface area contributed by atoms with Gasteiger partial charge in [-0.15, -0.1) is 0 Å². The molecule has 0 heterocycles. The summed E-state index contributed by atoms with van der Waals surface area (Å²) in [5.74, 6) is -1.57. The number of aliphatic hydroxyl groups is 1. The number of amides is 1. The van der Waals surface area contributed by atoms with Gasteiger partial charge in [0.15, 0.2) is 0 Å². The van der Waals surface area contributed by atoms with Crippen molar-refractivity contribution < 1.29 is 19.8 Å². The number of aliphatic hydroxyl groups excluding tert-OH is 1. The molecule has 1 rings (SSSR count). The fourth-order valence-corrected chi connectivity index (χ4v) is 4.71. The van der Waals surface area contributed by atoms with Crippen LogP contribution in [0.15, 0.2) is 30.3 Å². The molecule has 0 aromatic heterocycles. The molecule has 3 atom stereocenters. The molecule has 1 aromatic rings. The molecule has 6 heteroatoms. The zero-order valence-corrected chi connectivity index (χ0v) is 23.7. The highest BCUT2D eigenvalue weighted by atomic mass is 16.4. The van der Waals surface area contributed by atoms with E-state index in [4.69, 9.17) is 0 Å². The maximum atomic E-state index is 12.3. The van der Waals surface area contributed by atoms with Crippen LogP contribution in [0.1, 0.15) is 116 Å². The number of benzene rings is 1. The number of carboxylic acid groups (broad SMARTS) is 1. The van der Waals surface area contributed by atoms with Crippen LogP contribution in [0, 0.1) is 5.92 Å². The van der Waals surface area contributed by atoms with Crippen LogP contribution in [-0.4, -0.2) is 46.8 Å². The third kappa shape index (κ3) is 16.5. The monoisotopic (exact) mass is 518 g/mol. The van der Waals surface area contributed by atoms with Gasteiger partial charge < -0.3 is 20.8 Å². The van der Waals surface area contributed by atoms with Crippen molar-refractivity contribution in [1.29, 1.82) is 0 Å². The number of rotatable bonds is 23. The first-order chi connectivity index (χ1) is 17.8. The van der Waals surface area contributed by atoms with Crippen LogP contribution >= 0.6 is 0 Å². The molecule has 212 valence electrons. The Hall–Kier alpha value is -1.92. The van der Waals surface area contributed by atoms with Crippen LogP contribution in [0.3, 0.4) is 0 Å². The van der Waals surface area contributed by atoms with Gasteiger partial charge in [0.2, 0.25) is 5.91 Å². The second-order valence-corrected chi connectivity index (χ2v) is 10.9. The fraction of sp³-hybridized carbons (Fsp3) is 0.742. The molecule has 1 aromatic carbocycles. The van der Waals surface area contributed by atoms with E-state index in [1.165, 1.54) is 70.6 Å². The molecule has 0 aliphatic heterocycles. The predicted molar refractivity (Wildman–Crippen MR) is 153 cm³/mol. The Labute approximate surface area is 226 Å². The Bertz CT molecular complexity index is 710. The zero-order chi connectivity index (χ0) is 27.3. The van der Waals surface area contributed by atoms with Gasteiger partial charge in [0.05, 0.1) is 6.10 Å². The van der Waals surface area contributed by atoms with Crippen LogP contribution in [0.5, 0.6) is 0 Å². The lowest BCUT2D eigenvalue weighted by molar-refractivity contribution is -0.143. The van der Waals surface area contributed by atoms with Crippen molar-refractivity contribution in [2.75, 3.05) is 6.54 Å². The second kappa shape index (κ2) is 21.1. The fourth-order valence-electron chi connectivity index (χ4n) is 4.71. The molecule has 0 saturated heterocycles. The van der Waals surface area contributed by atoms with Crippen LogP contribution in [-0.2, 0) is 16.0 Å². The van der Waals surface area contributed by atoms with Gasteiger partial charge in [0.1, 0.15) is 6.04 Å². The lowest BCUT2D eigenvalue weighted by atomic mass is 9.97. The number of carbonyl (C=O) groups is 2. The summed E-state index contributed by atoms with van der Waals surface area (Å²) < 4.78 is 0. The molecule has 0 spiro atoms. The summed E-state index contributed by atoms with van der Waals surface area (Å²) >= 11 is 0. The summed E-state index contributed by atoms with van der Waals surface area (Å²) in [5.41, 5.74) is 1.14. The van der Waals surface area contributed by atoms with Gasteiger partial charge in [0.25, 0.3) is 0 Å². The summed E-state index contributed by atoms with van der Waals surface area (Å²) in [4.78, 5) is 23.7. The highest BCUT2D eigenvalue weighted by molar-refractivity contribution is 5.83. The zero-order valence-electron chi connectivity index (χ0n) is 23.7. The average molecular weight is 519 g/mol. The van der Waals surface area contributed by atoms with E-state index in [0.29, 0.717) is 12.8 Å². The Morgan fingerprint density at radius 3 is 1.89 bits per heavy atom. The van der Waals surface area contributed by atoms with Crippen molar-refractivity contribution in [3.05, 3.63) is 35.9 Å². The van der Waals surface area contributed by atoms with E-state index in [1.807, 2.05) is 18.2 Å². The second-order valence-electron chi connectivity index (χ2n) is 10.9. The van der Waals surface area contributed by atoms with Gasteiger partial charge in [-0.2, -0.15) is 0 Å². The van der Waals surface area contributed by atoms with Gasteiger partial charge in [-0.1, -0.05) is 122 Å². The summed E-state index contributed by atoms with van der Waals surface area (Å²) in [6.45, 7) is 6.63. The van der Waals surface area contributed by atoms with Crippen molar-refractivity contribution in [2.24, 2.45) is 5.92 Å². The number of nitrogens with one attached hydrogen (secondary N) is 2. The lowest BCUT2D eigenvalue weighted by Gasteiger charge is -2.25. The van der Waals surface area contributed by atoms with E-state index < -0.39 is 18.1 Å². The standard InChI is InChI=1S/C31H54N2O4/c1-4-5-6-7-8-9-10-11-12-13-14-18-23-32-27(24-26-19-16-15-17-20-26)28(34)21-22-29(35)33-30(25(2)3)31(36)37/h15-17,19-20,25,27-28,30,32,34H,4-14,18,21-24H2,1-3H3,(H,33,35)(H,36,37)/t27-,28?,30-/m0/s1. The maximum Gasteiger partial charge on any atom is 0.326 e. The molecular formula is C31H54N2O4. The van der Waals surface area contributed by atoms with E-state index in [9.17, 15) is 19.8 Å². The first kappa shape index (κ1) is 33.1. The minimum absolute atomic E-state index is 0.100. The van der Waals surface area contributed by atoms with Gasteiger partial charge >= 0.3 is 5.97 Å². The molecule has 6 nitrogen and oxygen atoms in total. The third-order valence-corrected chi connectivity index (χ3v) is 7.12. The molecule has 1 unspecified atom stereocenters. The third-order valence-electron chi connectivity index (χ3n) is 7.12. The Morgan fingerprint density at radius 1 is 0.838 bits per heavy atom. The quantitative estimate of drug-likeness (QED) is 0.128. The molecule has 0 aliphatic carbocycles. The SMILES string of the molecule is CCCCCCCCCCCCCCN[C@@H](Cc1ccccc1)C(O)CCC(=O)N[C@H](C(=O)O)C(C)C. The molecule has 0 radical (unpaired) electrons. The van der Waals surface area contributed by atoms with Crippen LogP contribution in [0.4, 0.5) is 0 Å². The van der Waals surface area contributed by atoms with Crippen molar-refractivity contribution in [3.63, 3.8) is 0 Å². The van der Waals surface area contributed by atoms with Gasteiger partial charge in [-0.3, -0.25) is 4.79 Å². The summed E-state index contributed by atoms with van der Waals surface area (Å²) in [5, 5.41) is 26.3. The minimum atomic E-state index is -1.03. The van der Waals surface area contributed by atoms with Crippen molar-refractivity contribution in [1.82, 2.24) is 10.6 Å². The smallest absolute Gasteiger partial charge is 0.326 e. The number of aliphatic carboxylic acids is 1. The van der Waals surface area contributed by atoms with E-state index in [1.54, 1.807) is 13.8 Å². The number of unbranched alkanes of at least 4 members (excludes halogenated alkanes) is 11. The average Bonchev–Trinajstić information content (AvgIpc) is 2.88. The highest BCUT2D eigenvalue weighted by Crippen LogP contribution is 2.14. The largest absolute Gasteiger partial charge is 0.480 e. The summed E-state index contributed by atoms with van der Waals surface area (Å²) in [6.07, 6.45) is 16.1. The van der Waals surface area contributed by atoms with E-state index in [-0.39, 0.29) is 24.3 Å². The maximum absolute atomic E-state index is 12.3.